The molecule has 1 unspecified atom stereocenters. The minimum Gasteiger partial charge on any atom is -0.376 e. The van der Waals surface area contributed by atoms with Crippen LogP contribution in [0.3, 0.4) is 0 Å². The molecule has 0 spiro atoms. The molecule has 3 amide bonds. The summed E-state index contributed by atoms with van der Waals surface area (Å²) in [7, 11) is 0. The van der Waals surface area contributed by atoms with Crippen LogP contribution in [0.25, 0.3) is 0 Å². The molecule has 1 atom stereocenters. The molecule has 0 aromatic heterocycles. The van der Waals surface area contributed by atoms with Gasteiger partial charge in [-0.25, -0.2) is 0 Å². The molecule has 1 rings (SSSR count). The third-order valence-corrected chi connectivity index (χ3v) is 4.56. The molecule has 1 N–H and O–H groups in total. The lowest BCUT2D eigenvalue weighted by Gasteiger charge is -2.32. The molecular formula is C19H34N2O4. The molecule has 0 aromatic carbocycles. The van der Waals surface area contributed by atoms with Crippen molar-refractivity contribution in [2.75, 3.05) is 13.2 Å². The number of amides is 3. The molecule has 6 heteroatoms. The predicted octanol–water partition coefficient (Wildman–Crippen LogP) is 2.65. The van der Waals surface area contributed by atoms with Crippen LogP contribution in [-0.4, -0.2) is 46.9 Å². The van der Waals surface area contributed by atoms with Crippen molar-refractivity contribution in [3.8, 4) is 0 Å². The van der Waals surface area contributed by atoms with Gasteiger partial charge in [0.25, 0.3) is 0 Å². The van der Waals surface area contributed by atoms with Gasteiger partial charge in [0.05, 0.1) is 5.60 Å². The number of carbonyl (C=O) groups is 3. The van der Waals surface area contributed by atoms with Crippen LogP contribution in [0.5, 0.6) is 0 Å². The molecule has 0 aromatic rings. The second kappa shape index (κ2) is 8.79. The maximum atomic E-state index is 12.2. The highest BCUT2D eigenvalue weighted by atomic mass is 16.5. The Morgan fingerprint density at radius 2 is 1.88 bits per heavy atom. The van der Waals surface area contributed by atoms with Gasteiger partial charge in [-0.2, -0.15) is 0 Å². The standard InChI is InChI=1S/C19H34N2O4/c1-7-12-25-19(5,6)10-9-18(3,4)20-15(22)8-11-21-16(23)13-14(2)17(21)24/h14H,7-13H2,1-6H3,(H,20,22). The van der Waals surface area contributed by atoms with Crippen LogP contribution in [0.1, 0.15) is 73.6 Å². The molecule has 0 saturated carbocycles. The van der Waals surface area contributed by atoms with E-state index in [1.54, 1.807) is 6.92 Å². The topological polar surface area (TPSA) is 75.7 Å². The summed E-state index contributed by atoms with van der Waals surface area (Å²) in [5.41, 5.74) is -0.585. The highest BCUT2D eigenvalue weighted by Gasteiger charge is 2.35. The van der Waals surface area contributed by atoms with Crippen LogP contribution >= 0.6 is 0 Å². The Bertz CT molecular complexity index is 500. The number of carbonyl (C=O) groups excluding carboxylic acids is 3. The third kappa shape index (κ3) is 7.14. The molecule has 0 aliphatic carbocycles. The predicted molar refractivity (Wildman–Crippen MR) is 96.9 cm³/mol. The normalized spacial score (nSPS) is 18.8. The Morgan fingerprint density at radius 1 is 1.24 bits per heavy atom. The summed E-state index contributed by atoms with van der Waals surface area (Å²) in [6, 6.07) is 0. The molecule has 1 fully saturated rings. The van der Waals surface area contributed by atoms with E-state index >= 15 is 0 Å². The lowest BCUT2D eigenvalue weighted by molar-refractivity contribution is -0.139. The van der Waals surface area contributed by atoms with E-state index in [0.717, 1.165) is 25.9 Å². The van der Waals surface area contributed by atoms with Crippen molar-refractivity contribution < 1.29 is 19.1 Å². The van der Waals surface area contributed by atoms with E-state index in [9.17, 15) is 14.4 Å². The number of rotatable bonds is 10. The third-order valence-electron chi connectivity index (χ3n) is 4.56. The number of likely N-dealkylation sites (tertiary alicyclic amines) is 1. The Balaban J connectivity index is 2.41. The Morgan fingerprint density at radius 3 is 2.40 bits per heavy atom. The Hall–Kier alpha value is -1.43. The first-order valence-electron chi connectivity index (χ1n) is 9.26. The summed E-state index contributed by atoms with van der Waals surface area (Å²) in [6.07, 6.45) is 2.99. The van der Waals surface area contributed by atoms with E-state index in [0.29, 0.717) is 0 Å². The van der Waals surface area contributed by atoms with Crippen molar-refractivity contribution in [1.29, 1.82) is 0 Å². The van der Waals surface area contributed by atoms with Gasteiger partial charge in [0.15, 0.2) is 0 Å². The van der Waals surface area contributed by atoms with E-state index in [2.05, 4.69) is 26.1 Å². The number of ether oxygens (including phenoxy) is 1. The first kappa shape index (κ1) is 21.6. The minimum absolute atomic E-state index is 0.141. The first-order chi connectivity index (χ1) is 11.5. The highest BCUT2D eigenvalue weighted by Crippen LogP contribution is 2.23. The monoisotopic (exact) mass is 354 g/mol. The number of nitrogens with zero attached hydrogens (tertiary/aromatic N) is 1. The Kier molecular flexibility index (Phi) is 7.60. The van der Waals surface area contributed by atoms with Crippen molar-refractivity contribution in [1.82, 2.24) is 10.2 Å². The summed E-state index contributed by atoms with van der Waals surface area (Å²) in [5, 5.41) is 3.01. The minimum atomic E-state index is -0.365. The zero-order valence-corrected chi connectivity index (χ0v) is 16.6. The van der Waals surface area contributed by atoms with Gasteiger partial charge in [0.2, 0.25) is 17.7 Å². The maximum Gasteiger partial charge on any atom is 0.232 e. The fourth-order valence-electron chi connectivity index (χ4n) is 2.86. The van der Waals surface area contributed by atoms with E-state index in [1.807, 2.05) is 13.8 Å². The smallest absolute Gasteiger partial charge is 0.232 e. The summed E-state index contributed by atoms with van der Waals surface area (Å²) < 4.78 is 5.83. The summed E-state index contributed by atoms with van der Waals surface area (Å²) >= 11 is 0. The quantitative estimate of drug-likeness (QED) is 0.612. The van der Waals surface area contributed by atoms with Crippen LogP contribution < -0.4 is 5.32 Å². The zero-order valence-electron chi connectivity index (χ0n) is 16.6. The molecule has 1 aliphatic heterocycles. The molecule has 6 nitrogen and oxygen atoms in total. The summed E-state index contributed by atoms with van der Waals surface area (Å²) in [4.78, 5) is 37.0. The van der Waals surface area contributed by atoms with Gasteiger partial charge >= 0.3 is 0 Å². The molecule has 0 radical (unpaired) electrons. The SMILES string of the molecule is CCCOC(C)(C)CCC(C)(C)NC(=O)CCN1C(=O)CC(C)C1=O. The van der Waals surface area contributed by atoms with Crippen LogP contribution in [-0.2, 0) is 19.1 Å². The van der Waals surface area contributed by atoms with Crippen molar-refractivity contribution in [2.24, 2.45) is 5.92 Å². The largest absolute Gasteiger partial charge is 0.376 e. The fourth-order valence-corrected chi connectivity index (χ4v) is 2.86. The van der Waals surface area contributed by atoms with Crippen LogP contribution in [0.2, 0.25) is 0 Å². The Labute approximate surface area is 151 Å². The lowest BCUT2D eigenvalue weighted by atomic mass is 9.91. The van der Waals surface area contributed by atoms with Crippen LogP contribution in [0.15, 0.2) is 0 Å². The average molecular weight is 354 g/mol. The van der Waals surface area contributed by atoms with E-state index in [1.165, 1.54) is 4.90 Å². The van der Waals surface area contributed by atoms with Gasteiger partial charge in [-0.15, -0.1) is 0 Å². The molecular weight excluding hydrogens is 320 g/mol. The van der Waals surface area contributed by atoms with Gasteiger partial charge in [0, 0.05) is 37.5 Å². The second-order valence-electron chi connectivity index (χ2n) is 8.28. The molecule has 144 valence electrons. The molecule has 1 aliphatic rings. The summed E-state index contributed by atoms with van der Waals surface area (Å²) in [6.45, 7) is 12.8. The van der Waals surface area contributed by atoms with Gasteiger partial charge in [-0.1, -0.05) is 13.8 Å². The molecule has 1 saturated heterocycles. The van der Waals surface area contributed by atoms with Crippen LogP contribution in [0.4, 0.5) is 0 Å². The molecule has 25 heavy (non-hydrogen) atoms. The number of hydrogen-bond donors (Lipinski definition) is 1. The first-order valence-corrected chi connectivity index (χ1v) is 9.26. The number of imide groups is 1. The highest BCUT2D eigenvalue weighted by molar-refractivity contribution is 6.03. The molecule has 1 heterocycles. The second-order valence-corrected chi connectivity index (χ2v) is 8.28. The van der Waals surface area contributed by atoms with Gasteiger partial charge in [0.1, 0.15) is 0 Å². The van der Waals surface area contributed by atoms with E-state index in [-0.39, 0.29) is 54.2 Å². The lowest BCUT2D eigenvalue weighted by Crippen LogP contribution is -2.46. The average Bonchev–Trinajstić information content (AvgIpc) is 2.74. The van der Waals surface area contributed by atoms with Crippen LogP contribution in [0, 0.1) is 5.92 Å². The van der Waals surface area contributed by atoms with E-state index < -0.39 is 0 Å². The number of hydrogen-bond acceptors (Lipinski definition) is 4. The number of nitrogens with one attached hydrogen (secondary N) is 1. The maximum absolute atomic E-state index is 12.2. The van der Waals surface area contributed by atoms with Gasteiger partial charge in [-0.05, 0) is 47.0 Å². The van der Waals surface area contributed by atoms with Crippen molar-refractivity contribution in [3.05, 3.63) is 0 Å². The molecule has 0 bridgehead atoms. The van der Waals surface area contributed by atoms with E-state index in [4.69, 9.17) is 4.74 Å². The van der Waals surface area contributed by atoms with Crippen molar-refractivity contribution >= 4 is 17.7 Å². The summed E-state index contributed by atoms with van der Waals surface area (Å²) in [5.74, 6) is -0.763. The zero-order chi connectivity index (χ0) is 19.3. The fraction of sp³-hybridized carbons (Fsp3) is 0.842. The van der Waals surface area contributed by atoms with Crippen molar-refractivity contribution in [3.63, 3.8) is 0 Å². The van der Waals surface area contributed by atoms with Crippen molar-refractivity contribution in [2.45, 2.75) is 84.8 Å². The van der Waals surface area contributed by atoms with Gasteiger partial charge in [-0.3, -0.25) is 19.3 Å². The van der Waals surface area contributed by atoms with Gasteiger partial charge < -0.3 is 10.1 Å².